The molecule has 3 heterocycles. The van der Waals surface area contributed by atoms with Crippen molar-refractivity contribution in [1.29, 1.82) is 0 Å². The molecule has 120 valence electrons. The van der Waals surface area contributed by atoms with E-state index in [1.807, 2.05) is 0 Å². The molecule has 1 unspecified atom stereocenters. The van der Waals surface area contributed by atoms with Crippen molar-refractivity contribution < 1.29 is 4.79 Å². The first-order valence-corrected chi connectivity index (χ1v) is 7.72. The Morgan fingerprint density at radius 2 is 2.13 bits per heavy atom. The molecular weight excluding hydrogens is 294 g/mol. The predicted octanol–water partition coefficient (Wildman–Crippen LogP) is 0.811. The van der Waals surface area contributed by atoms with Crippen molar-refractivity contribution in [3.8, 4) is 0 Å². The second kappa shape index (κ2) is 7.04. The van der Waals surface area contributed by atoms with Gasteiger partial charge in [0.2, 0.25) is 11.5 Å². The molecule has 1 amide bonds. The van der Waals surface area contributed by atoms with E-state index in [0.717, 1.165) is 31.9 Å². The zero-order valence-corrected chi connectivity index (χ0v) is 12.7. The van der Waals surface area contributed by atoms with E-state index in [4.69, 9.17) is 0 Å². The smallest absolute Gasteiger partial charge is 0.267 e. The molecule has 1 fully saturated rings. The van der Waals surface area contributed by atoms with Gasteiger partial charge in [-0.05, 0) is 30.9 Å². The van der Waals surface area contributed by atoms with Crippen molar-refractivity contribution in [2.24, 2.45) is 5.92 Å². The second-order valence-electron chi connectivity index (χ2n) is 5.64. The topological polar surface area (TPSA) is 91.0 Å². The Morgan fingerprint density at radius 3 is 2.91 bits per heavy atom. The van der Waals surface area contributed by atoms with Gasteiger partial charge in [-0.1, -0.05) is 6.07 Å². The number of hydrogen-bond acceptors (Lipinski definition) is 5. The third kappa shape index (κ3) is 3.94. The molecule has 7 heteroatoms. The maximum Gasteiger partial charge on any atom is 0.267 e. The summed E-state index contributed by atoms with van der Waals surface area (Å²) in [5.74, 6) is 0.818. The molecule has 2 N–H and O–H groups in total. The van der Waals surface area contributed by atoms with Gasteiger partial charge in [-0.15, -0.1) is 0 Å². The van der Waals surface area contributed by atoms with Crippen LogP contribution >= 0.6 is 0 Å². The fourth-order valence-electron chi connectivity index (χ4n) is 2.78. The van der Waals surface area contributed by atoms with Crippen LogP contribution in [-0.2, 0) is 0 Å². The molecule has 1 aliphatic heterocycles. The van der Waals surface area contributed by atoms with E-state index < -0.39 is 0 Å². The predicted molar refractivity (Wildman–Crippen MR) is 86.4 cm³/mol. The summed E-state index contributed by atoms with van der Waals surface area (Å²) in [7, 11) is 0. The largest absolute Gasteiger partial charge is 0.350 e. The van der Waals surface area contributed by atoms with Crippen LogP contribution in [0.2, 0.25) is 0 Å². The zero-order valence-electron chi connectivity index (χ0n) is 12.7. The van der Waals surface area contributed by atoms with Crippen LogP contribution in [-0.4, -0.2) is 40.5 Å². The minimum absolute atomic E-state index is 0.254. The molecule has 0 radical (unpaired) electrons. The van der Waals surface area contributed by atoms with Gasteiger partial charge in [0.05, 0.1) is 0 Å². The van der Waals surface area contributed by atoms with E-state index in [9.17, 15) is 9.59 Å². The molecule has 1 saturated heterocycles. The van der Waals surface area contributed by atoms with Crippen molar-refractivity contribution >= 4 is 11.9 Å². The minimum Gasteiger partial charge on any atom is -0.350 e. The molecule has 2 aromatic rings. The van der Waals surface area contributed by atoms with Crippen LogP contribution < -0.4 is 15.8 Å². The van der Waals surface area contributed by atoms with E-state index >= 15 is 0 Å². The summed E-state index contributed by atoms with van der Waals surface area (Å²) >= 11 is 0. The van der Waals surface area contributed by atoms with Gasteiger partial charge < -0.3 is 15.2 Å². The average molecular weight is 313 g/mol. The number of carbonyl (C=O) groups is 1. The molecule has 1 atom stereocenters. The van der Waals surface area contributed by atoms with Crippen LogP contribution in [0.5, 0.6) is 0 Å². The summed E-state index contributed by atoms with van der Waals surface area (Å²) in [6.07, 6.45) is 5.56. The fourth-order valence-corrected chi connectivity index (χ4v) is 2.78. The Kier molecular flexibility index (Phi) is 4.65. The first-order chi connectivity index (χ1) is 11.2. The highest BCUT2D eigenvalue weighted by atomic mass is 16.2. The summed E-state index contributed by atoms with van der Waals surface area (Å²) in [6, 6.07) is 6.35. The third-order valence-corrected chi connectivity index (χ3v) is 3.92. The van der Waals surface area contributed by atoms with E-state index in [1.165, 1.54) is 6.07 Å². The number of amides is 1. The number of anilines is 1. The molecule has 2 aromatic heterocycles. The molecule has 23 heavy (non-hydrogen) atoms. The highest BCUT2D eigenvalue weighted by Gasteiger charge is 2.22. The zero-order chi connectivity index (χ0) is 16.1. The van der Waals surface area contributed by atoms with Gasteiger partial charge in [0, 0.05) is 38.1 Å². The van der Waals surface area contributed by atoms with E-state index in [1.54, 1.807) is 30.6 Å². The highest BCUT2D eigenvalue weighted by Crippen LogP contribution is 2.19. The minimum atomic E-state index is -0.275. The Morgan fingerprint density at radius 1 is 1.30 bits per heavy atom. The van der Waals surface area contributed by atoms with Crippen LogP contribution in [0.1, 0.15) is 23.3 Å². The number of pyridine rings is 1. The van der Waals surface area contributed by atoms with Gasteiger partial charge in [0.1, 0.15) is 5.69 Å². The average Bonchev–Trinajstić information content (AvgIpc) is 2.61. The summed E-state index contributed by atoms with van der Waals surface area (Å²) in [4.78, 5) is 36.5. The Bertz CT molecular complexity index is 716. The van der Waals surface area contributed by atoms with E-state index in [2.05, 4.69) is 25.2 Å². The number of aromatic nitrogens is 3. The first-order valence-electron chi connectivity index (χ1n) is 7.72. The molecule has 0 aliphatic carbocycles. The lowest BCUT2D eigenvalue weighted by Gasteiger charge is -2.32. The lowest BCUT2D eigenvalue weighted by Crippen LogP contribution is -2.41. The van der Waals surface area contributed by atoms with Crippen LogP contribution in [0.4, 0.5) is 5.95 Å². The maximum absolute atomic E-state index is 12.1. The SMILES string of the molecule is O=C(NCC1CCCN(c2ncccn2)C1)c1cccc(=O)[nH]1. The normalized spacial score (nSPS) is 17.7. The van der Waals surface area contributed by atoms with Crippen LogP contribution in [0.3, 0.4) is 0 Å². The summed E-state index contributed by atoms with van der Waals surface area (Å²) < 4.78 is 0. The first kappa shape index (κ1) is 15.2. The second-order valence-corrected chi connectivity index (χ2v) is 5.64. The van der Waals surface area contributed by atoms with Gasteiger partial charge in [-0.2, -0.15) is 0 Å². The van der Waals surface area contributed by atoms with Crippen molar-refractivity contribution in [2.75, 3.05) is 24.5 Å². The number of piperidine rings is 1. The lowest BCUT2D eigenvalue weighted by molar-refractivity contribution is 0.0940. The van der Waals surface area contributed by atoms with Crippen molar-refractivity contribution in [1.82, 2.24) is 20.3 Å². The number of nitrogens with one attached hydrogen (secondary N) is 2. The Balaban J connectivity index is 1.56. The molecule has 0 saturated carbocycles. The van der Waals surface area contributed by atoms with Gasteiger partial charge in [0.25, 0.3) is 5.91 Å². The number of rotatable bonds is 4. The number of nitrogens with zero attached hydrogens (tertiary/aromatic N) is 3. The molecule has 7 nitrogen and oxygen atoms in total. The quantitative estimate of drug-likeness (QED) is 0.872. The number of hydrogen-bond donors (Lipinski definition) is 2. The molecule has 0 spiro atoms. The number of aromatic amines is 1. The lowest BCUT2D eigenvalue weighted by atomic mass is 9.98. The van der Waals surface area contributed by atoms with Crippen molar-refractivity contribution in [3.05, 3.63) is 52.7 Å². The summed E-state index contributed by atoms with van der Waals surface area (Å²) in [6.45, 7) is 2.31. The highest BCUT2D eigenvalue weighted by molar-refractivity contribution is 5.92. The Hall–Kier alpha value is -2.70. The molecule has 1 aliphatic rings. The third-order valence-electron chi connectivity index (χ3n) is 3.92. The van der Waals surface area contributed by atoms with Crippen molar-refractivity contribution in [2.45, 2.75) is 12.8 Å². The van der Waals surface area contributed by atoms with Gasteiger partial charge >= 0.3 is 0 Å². The summed E-state index contributed by atoms with van der Waals surface area (Å²) in [5, 5.41) is 2.89. The number of carbonyl (C=O) groups excluding carboxylic acids is 1. The van der Waals surface area contributed by atoms with Crippen molar-refractivity contribution in [3.63, 3.8) is 0 Å². The van der Waals surface area contributed by atoms with Crippen LogP contribution in [0, 0.1) is 5.92 Å². The monoisotopic (exact) mass is 313 g/mol. The van der Waals surface area contributed by atoms with E-state index in [0.29, 0.717) is 12.5 Å². The van der Waals surface area contributed by atoms with E-state index in [-0.39, 0.29) is 17.2 Å². The standard InChI is InChI=1S/C16H19N5O2/c22-14-6-1-5-13(20-14)15(23)19-10-12-4-2-9-21(11-12)16-17-7-3-8-18-16/h1,3,5-8,12H,2,4,9-11H2,(H,19,23)(H,20,22). The molecule has 0 bridgehead atoms. The molecular formula is C16H19N5O2. The van der Waals surface area contributed by atoms with Crippen LogP contribution in [0.25, 0.3) is 0 Å². The Labute approximate surface area is 133 Å². The fraction of sp³-hybridized carbons (Fsp3) is 0.375. The van der Waals surface area contributed by atoms with Gasteiger partial charge in [-0.3, -0.25) is 9.59 Å². The maximum atomic E-state index is 12.1. The van der Waals surface area contributed by atoms with Crippen LogP contribution in [0.15, 0.2) is 41.5 Å². The van der Waals surface area contributed by atoms with Gasteiger partial charge in [-0.25, -0.2) is 9.97 Å². The van der Waals surface area contributed by atoms with Gasteiger partial charge in [0.15, 0.2) is 0 Å². The molecule has 0 aromatic carbocycles. The summed E-state index contributed by atoms with van der Waals surface area (Å²) in [5.41, 5.74) is 0.0132. The molecule has 3 rings (SSSR count). The number of H-pyrrole nitrogens is 1.